The SMILES string of the molecule is Cc1cccc(CC(=O)NCCc2ccc(N3CCOCC3)cc2)c1. The minimum atomic E-state index is 0.0792. The van der Waals surface area contributed by atoms with E-state index in [4.69, 9.17) is 4.74 Å². The maximum atomic E-state index is 12.0. The highest BCUT2D eigenvalue weighted by Crippen LogP contribution is 2.16. The predicted molar refractivity (Wildman–Crippen MR) is 101 cm³/mol. The van der Waals surface area contributed by atoms with Gasteiger partial charge in [-0.05, 0) is 36.6 Å². The minimum Gasteiger partial charge on any atom is -0.378 e. The van der Waals surface area contributed by atoms with Gasteiger partial charge < -0.3 is 15.0 Å². The third-order valence-corrected chi connectivity index (χ3v) is 4.50. The molecule has 1 heterocycles. The van der Waals surface area contributed by atoms with E-state index < -0.39 is 0 Å². The zero-order chi connectivity index (χ0) is 17.5. The average molecular weight is 338 g/mol. The van der Waals surface area contributed by atoms with Crippen molar-refractivity contribution in [2.24, 2.45) is 0 Å². The predicted octanol–water partition coefficient (Wildman–Crippen LogP) is 2.73. The molecular weight excluding hydrogens is 312 g/mol. The third-order valence-electron chi connectivity index (χ3n) is 4.50. The molecule has 1 saturated heterocycles. The molecule has 0 aliphatic carbocycles. The van der Waals surface area contributed by atoms with Crippen molar-refractivity contribution in [3.8, 4) is 0 Å². The fourth-order valence-electron chi connectivity index (χ4n) is 3.11. The fourth-order valence-corrected chi connectivity index (χ4v) is 3.11. The van der Waals surface area contributed by atoms with Crippen LogP contribution in [0, 0.1) is 6.92 Å². The quantitative estimate of drug-likeness (QED) is 0.880. The highest BCUT2D eigenvalue weighted by Gasteiger charge is 2.10. The third kappa shape index (κ3) is 5.33. The van der Waals surface area contributed by atoms with E-state index in [9.17, 15) is 4.79 Å². The number of hydrogen-bond donors (Lipinski definition) is 1. The number of nitrogens with zero attached hydrogens (tertiary/aromatic N) is 1. The highest BCUT2D eigenvalue weighted by atomic mass is 16.5. The van der Waals surface area contributed by atoms with Gasteiger partial charge in [0, 0.05) is 25.3 Å². The summed E-state index contributed by atoms with van der Waals surface area (Å²) in [7, 11) is 0. The van der Waals surface area contributed by atoms with Gasteiger partial charge in [-0.3, -0.25) is 4.79 Å². The summed E-state index contributed by atoms with van der Waals surface area (Å²) >= 11 is 0. The monoisotopic (exact) mass is 338 g/mol. The lowest BCUT2D eigenvalue weighted by molar-refractivity contribution is -0.120. The van der Waals surface area contributed by atoms with Crippen LogP contribution < -0.4 is 10.2 Å². The van der Waals surface area contributed by atoms with Crippen molar-refractivity contribution >= 4 is 11.6 Å². The maximum Gasteiger partial charge on any atom is 0.224 e. The van der Waals surface area contributed by atoms with Crippen LogP contribution in [0.3, 0.4) is 0 Å². The summed E-state index contributed by atoms with van der Waals surface area (Å²) in [5.74, 6) is 0.0792. The van der Waals surface area contributed by atoms with Gasteiger partial charge in [0.2, 0.25) is 5.91 Å². The number of amides is 1. The van der Waals surface area contributed by atoms with E-state index in [1.807, 2.05) is 25.1 Å². The van der Waals surface area contributed by atoms with E-state index in [0.717, 1.165) is 38.3 Å². The molecule has 0 bridgehead atoms. The van der Waals surface area contributed by atoms with Crippen LogP contribution in [-0.2, 0) is 22.4 Å². The second kappa shape index (κ2) is 8.67. The van der Waals surface area contributed by atoms with E-state index >= 15 is 0 Å². The standard InChI is InChI=1S/C21H26N2O2/c1-17-3-2-4-19(15-17)16-21(24)22-10-9-18-5-7-20(8-6-18)23-11-13-25-14-12-23/h2-8,15H,9-14,16H2,1H3,(H,22,24). The summed E-state index contributed by atoms with van der Waals surface area (Å²) in [5, 5.41) is 3.01. The molecule has 2 aromatic rings. The second-order valence-corrected chi connectivity index (χ2v) is 6.53. The molecular formula is C21H26N2O2. The van der Waals surface area contributed by atoms with E-state index in [1.54, 1.807) is 0 Å². The number of morpholine rings is 1. The summed E-state index contributed by atoms with van der Waals surface area (Å²) < 4.78 is 5.39. The molecule has 0 saturated carbocycles. The number of anilines is 1. The molecule has 1 fully saturated rings. The van der Waals surface area contributed by atoms with Crippen molar-refractivity contribution in [2.75, 3.05) is 37.7 Å². The lowest BCUT2D eigenvalue weighted by atomic mass is 10.1. The lowest BCUT2D eigenvalue weighted by Crippen LogP contribution is -2.36. The molecule has 4 heteroatoms. The van der Waals surface area contributed by atoms with Crippen LogP contribution in [0.25, 0.3) is 0 Å². The Hall–Kier alpha value is -2.33. The van der Waals surface area contributed by atoms with Gasteiger partial charge in [0.15, 0.2) is 0 Å². The van der Waals surface area contributed by atoms with Crippen LogP contribution in [0.2, 0.25) is 0 Å². The van der Waals surface area contributed by atoms with Gasteiger partial charge in [-0.15, -0.1) is 0 Å². The van der Waals surface area contributed by atoms with Crippen molar-refractivity contribution in [2.45, 2.75) is 19.8 Å². The van der Waals surface area contributed by atoms with Crippen molar-refractivity contribution in [3.63, 3.8) is 0 Å². The van der Waals surface area contributed by atoms with Crippen LogP contribution in [0.1, 0.15) is 16.7 Å². The van der Waals surface area contributed by atoms with Gasteiger partial charge in [0.1, 0.15) is 0 Å². The Morgan fingerprint density at radius 1 is 1.08 bits per heavy atom. The molecule has 1 aliphatic heterocycles. The Bertz CT molecular complexity index is 691. The van der Waals surface area contributed by atoms with Crippen molar-refractivity contribution in [1.29, 1.82) is 0 Å². The van der Waals surface area contributed by atoms with Crippen molar-refractivity contribution < 1.29 is 9.53 Å². The molecule has 3 rings (SSSR count). The fraction of sp³-hybridized carbons (Fsp3) is 0.381. The summed E-state index contributed by atoms with van der Waals surface area (Å²) in [5.41, 5.74) is 4.74. The Morgan fingerprint density at radius 3 is 2.56 bits per heavy atom. The molecule has 1 amide bonds. The molecule has 132 valence electrons. The van der Waals surface area contributed by atoms with E-state index in [1.165, 1.54) is 16.8 Å². The molecule has 0 unspecified atom stereocenters. The Morgan fingerprint density at radius 2 is 1.84 bits per heavy atom. The van der Waals surface area contributed by atoms with Crippen molar-refractivity contribution in [1.82, 2.24) is 5.32 Å². The minimum absolute atomic E-state index is 0.0792. The summed E-state index contributed by atoms with van der Waals surface area (Å²) in [6.45, 7) is 6.22. The molecule has 0 radical (unpaired) electrons. The highest BCUT2D eigenvalue weighted by molar-refractivity contribution is 5.78. The number of aryl methyl sites for hydroxylation is 1. The zero-order valence-corrected chi connectivity index (χ0v) is 14.8. The average Bonchev–Trinajstić information content (AvgIpc) is 2.63. The smallest absolute Gasteiger partial charge is 0.224 e. The van der Waals surface area contributed by atoms with Crippen molar-refractivity contribution in [3.05, 3.63) is 65.2 Å². The molecule has 2 aromatic carbocycles. The molecule has 0 aromatic heterocycles. The number of carbonyl (C=O) groups excluding carboxylic acids is 1. The largest absolute Gasteiger partial charge is 0.378 e. The van der Waals surface area contributed by atoms with Crippen LogP contribution in [0.4, 0.5) is 5.69 Å². The number of hydrogen-bond acceptors (Lipinski definition) is 3. The van der Waals surface area contributed by atoms with Crippen LogP contribution in [0.15, 0.2) is 48.5 Å². The molecule has 0 atom stereocenters. The molecule has 0 spiro atoms. The topological polar surface area (TPSA) is 41.6 Å². The second-order valence-electron chi connectivity index (χ2n) is 6.53. The van der Waals surface area contributed by atoms with Gasteiger partial charge in [0.25, 0.3) is 0 Å². The molecule has 1 aliphatic rings. The maximum absolute atomic E-state index is 12.0. The van der Waals surface area contributed by atoms with Crippen LogP contribution in [-0.4, -0.2) is 38.8 Å². The van der Waals surface area contributed by atoms with Gasteiger partial charge >= 0.3 is 0 Å². The lowest BCUT2D eigenvalue weighted by Gasteiger charge is -2.28. The Labute approximate surface area is 149 Å². The first-order valence-corrected chi connectivity index (χ1v) is 8.94. The zero-order valence-electron chi connectivity index (χ0n) is 14.8. The number of nitrogens with one attached hydrogen (secondary N) is 1. The van der Waals surface area contributed by atoms with E-state index in [2.05, 4.69) is 40.5 Å². The van der Waals surface area contributed by atoms with Gasteiger partial charge in [-0.25, -0.2) is 0 Å². The molecule has 25 heavy (non-hydrogen) atoms. The number of rotatable bonds is 6. The van der Waals surface area contributed by atoms with Crippen LogP contribution in [0.5, 0.6) is 0 Å². The van der Waals surface area contributed by atoms with Gasteiger partial charge in [0.05, 0.1) is 19.6 Å². The first-order chi connectivity index (χ1) is 12.2. The van der Waals surface area contributed by atoms with E-state index in [-0.39, 0.29) is 5.91 Å². The number of carbonyl (C=O) groups is 1. The summed E-state index contributed by atoms with van der Waals surface area (Å²) in [6, 6.07) is 16.7. The van der Waals surface area contributed by atoms with Crippen LogP contribution >= 0.6 is 0 Å². The summed E-state index contributed by atoms with van der Waals surface area (Å²) in [6.07, 6.45) is 1.29. The van der Waals surface area contributed by atoms with Gasteiger partial charge in [-0.1, -0.05) is 42.0 Å². The number of ether oxygens (including phenoxy) is 1. The Kier molecular flexibility index (Phi) is 6.07. The first kappa shape index (κ1) is 17.5. The molecule has 1 N–H and O–H groups in total. The molecule has 4 nitrogen and oxygen atoms in total. The Balaban J connectivity index is 1.43. The first-order valence-electron chi connectivity index (χ1n) is 8.94. The normalized spacial score (nSPS) is 14.4. The van der Waals surface area contributed by atoms with E-state index in [0.29, 0.717) is 13.0 Å². The summed E-state index contributed by atoms with van der Waals surface area (Å²) in [4.78, 5) is 14.4. The van der Waals surface area contributed by atoms with Gasteiger partial charge in [-0.2, -0.15) is 0 Å². The number of benzene rings is 2.